The Bertz CT molecular complexity index is 871. The van der Waals surface area contributed by atoms with Crippen molar-refractivity contribution in [3.8, 4) is 11.6 Å². The van der Waals surface area contributed by atoms with Crippen molar-refractivity contribution in [3.05, 3.63) is 55.9 Å². The van der Waals surface area contributed by atoms with Crippen molar-refractivity contribution >= 4 is 17.8 Å². The molecule has 0 fully saturated rings. The molecular weight excluding hydrogens is 286 g/mol. The standard InChI is InChI=1S/C15H15N3O4/c1-18(2)10-7-6-9(12(19)8-10)4-3-5-11-13(20)16-15(22)17-14(11)21/h4-8,19H,1-2H3,(H3,16,17,20,21,22). The molecule has 114 valence electrons. The highest BCUT2D eigenvalue weighted by Gasteiger charge is 2.04. The van der Waals surface area contributed by atoms with E-state index >= 15 is 0 Å². The second kappa shape index (κ2) is 6.07. The fourth-order valence-electron chi connectivity index (χ4n) is 1.77. The summed E-state index contributed by atoms with van der Waals surface area (Å²) in [5.74, 6) is -0.478. The number of nitrogens with zero attached hydrogens (tertiary/aromatic N) is 1. The van der Waals surface area contributed by atoms with Crippen molar-refractivity contribution in [1.82, 2.24) is 9.97 Å². The maximum atomic E-state index is 11.5. The molecule has 2 rings (SSSR count). The molecule has 0 aliphatic heterocycles. The Morgan fingerprint density at radius 3 is 2.45 bits per heavy atom. The lowest BCUT2D eigenvalue weighted by Crippen LogP contribution is -2.23. The van der Waals surface area contributed by atoms with Gasteiger partial charge in [-0.2, -0.15) is 0 Å². The Labute approximate surface area is 125 Å². The average molecular weight is 301 g/mol. The number of hydrogen-bond donors (Lipinski definition) is 4. The van der Waals surface area contributed by atoms with Crippen LogP contribution < -0.4 is 16.1 Å². The van der Waals surface area contributed by atoms with E-state index < -0.39 is 17.1 Å². The molecular formula is C15H15N3O4. The zero-order chi connectivity index (χ0) is 16.3. The van der Waals surface area contributed by atoms with Crippen molar-refractivity contribution in [1.29, 1.82) is 0 Å². The van der Waals surface area contributed by atoms with Crippen LogP contribution in [0.15, 0.2) is 33.5 Å². The summed E-state index contributed by atoms with van der Waals surface area (Å²) < 4.78 is 0. The lowest BCUT2D eigenvalue weighted by atomic mass is 10.1. The smallest absolute Gasteiger partial charge is 0.328 e. The van der Waals surface area contributed by atoms with Crippen LogP contribution in [0, 0.1) is 0 Å². The number of benzene rings is 1. The van der Waals surface area contributed by atoms with Crippen LogP contribution in [-0.4, -0.2) is 34.3 Å². The first-order chi connectivity index (χ1) is 10.4. The van der Waals surface area contributed by atoms with Crippen molar-refractivity contribution in [2.45, 2.75) is 0 Å². The predicted octanol–water partition coefficient (Wildman–Crippen LogP) is 0.866. The zero-order valence-corrected chi connectivity index (χ0v) is 12.0. The fourth-order valence-corrected chi connectivity index (χ4v) is 1.77. The molecule has 7 nitrogen and oxygen atoms in total. The highest BCUT2D eigenvalue weighted by atomic mass is 16.3. The third-order valence-electron chi connectivity index (χ3n) is 2.96. The number of nitrogens with one attached hydrogen (secondary N) is 2. The van der Waals surface area contributed by atoms with Gasteiger partial charge in [-0.25, -0.2) is 4.79 Å². The minimum atomic E-state index is -0.791. The quantitative estimate of drug-likeness (QED) is 0.629. The number of aromatic amines is 2. The normalized spacial score (nSPS) is 9.91. The first-order valence-electron chi connectivity index (χ1n) is 6.37. The molecule has 0 amide bonds. The van der Waals surface area contributed by atoms with Gasteiger partial charge >= 0.3 is 5.69 Å². The Hall–Kier alpha value is -3.18. The predicted molar refractivity (Wildman–Crippen MR) is 84.2 cm³/mol. The lowest BCUT2D eigenvalue weighted by Gasteiger charge is -2.12. The van der Waals surface area contributed by atoms with Gasteiger partial charge in [-0.3, -0.25) is 14.8 Å². The fraction of sp³-hybridized carbons (Fsp3) is 0.133. The molecule has 1 aromatic heterocycles. The summed E-state index contributed by atoms with van der Waals surface area (Å²) in [7, 11) is 3.71. The molecule has 4 N–H and O–H groups in total. The highest BCUT2D eigenvalue weighted by molar-refractivity contribution is 5.65. The molecule has 0 saturated carbocycles. The Balaban J connectivity index is 2.37. The summed E-state index contributed by atoms with van der Waals surface area (Å²) in [5.41, 5.74) is 2.38. The third-order valence-corrected chi connectivity index (χ3v) is 2.96. The van der Waals surface area contributed by atoms with E-state index in [0.717, 1.165) is 5.69 Å². The van der Waals surface area contributed by atoms with E-state index in [1.165, 1.54) is 12.2 Å². The molecule has 0 radical (unpaired) electrons. The van der Waals surface area contributed by atoms with Gasteiger partial charge in [0.1, 0.15) is 11.3 Å². The SMILES string of the molecule is CN(C)c1ccc(C=C=Cc2c(O)[nH]c(=O)[nH]c2=O)c(O)c1. The van der Waals surface area contributed by atoms with Gasteiger partial charge < -0.3 is 15.1 Å². The second-order valence-electron chi connectivity index (χ2n) is 4.76. The van der Waals surface area contributed by atoms with E-state index in [0.29, 0.717) is 5.56 Å². The monoisotopic (exact) mass is 301 g/mol. The maximum Gasteiger partial charge on any atom is 0.328 e. The van der Waals surface area contributed by atoms with Gasteiger partial charge in [0.2, 0.25) is 5.88 Å². The molecule has 0 atom stereocenters. The second-order valence-corrected chi connectivity index (χ2v) is 4.76. The van der Waals surface area contributed by atoms with Crippen molar-refractivity contribution in [2.24, 2.45) is 0 Å². The first kappa shape index (κ1) is 15.2. The summed E-state index contributed by atoms with van der Waals surface area (Å²) in [6.45, 7) is 0. The third kappa shape index (κ3) is 3.28. The molecule has 2 aromatic rings. The largest absolute Gasteiger partial charge is 0.507 e. The topological polar surface area (TPSA) is 109 Å². The molecule has 22 heavy (non-hydrogen) atoms. The molecule has 0 aliphatic rings. The van der Waals surface area contributed by atoms with Crippen LogP contribution in [0.4, 0.5) is 5.69 Å². The number of rotatable bonds is 3. The summed E-state index contributed by atoms with van der Waals surface area (Å²) in [5, 5.41) is 19.4. The van der Waals surface area contributed by atoms with Gasteiger partial charge in [0, 0.05) is 31.4 Å². The van der Waals surface area contributed by atoms with Crippen LogP contribution >= 0.6 is 0 Å². The van der Waals surface area contributed by atoms with E-state index in [9.17, 15) is 19.8 Å². The van der Waals surface area contributed by atoms with Crippen LogP contribution in [0.25, 0.3) is 12.2 Å². The number of anilines is 1. The number of aromatic hydroxyl groups is 2. The zero-order valence-electron chi connectivity index (χ0n) is 12.0. The molecule has 0 unspecified atom stereocenters. The Morgan fingerprint density at radius 2 is 1.86 bits per heavy atom. The molecule has 1 aromatic carbocycles. The first-order valence-corrected chi connectivity index (χ1v) is 6.37. The van der Waals surface area contributed by atoms with Crippen molar-refractivity contribution < 1.29 is 10.2 Å². The van der Waals surface area contributed by atoms with Gasteiger partial charge in [0.15, 0.2) is 0 Å². The van der Waals surface area contributed by atoms with Crippen molar-refractivity contribution in [2.75, 3.05) is 19.0 Å². The minimum Gasteiger partial charge on any atom is -0.507 e. The van der Waals surface area contributed by atoms with Crippen molar-refractivity contribution in [3.63, 3.8) is 0 Å². The molecule has 0 spiro atoms. The van der Waals surface area contributed by atoms with Crippen LogP contribution in [0.5, 0.6) is 11.6 Å². The number of H-pyrrole nitrogens is 2. The molecule has 0 aliphatic carbocycles. The minimum absolute atomic E-state index is 0.0618. The number of phenols is 1. The average Bonchev–Trinajstić information content (AvgIpc) is 2.42. The van der Waals surface area contributed by atoms with E-state index in [2.05, 4.69) is 10.7 Å². The van der Waals surface area contributed by atoms with Gasteiger partial charge in [-0.1, -0.05) is 0 Å². The summed E-state index contributed by atoms with van der Waals surface area (Å²) in [6.07, 6.45) is 2.67. The number of aromatic nitrogens is 2. The van der Waals surface area contributed by atoms with E-state index in [-0.39, 0.29) is 11.3 Å². The van der Waals surface area contributed by atoms with Gasteiger partial charge in [-0.15, -0.1) is 5.73 Å². The van der Waals surface area contributed by atoms with Crippen LogP contribution in [0.3, 0.4) is 0 Å². The Morgan fingerprint density at radius 1 is 1.14 bits per heavy atom. The highest BCUT2D eigenvalue weighted by Crippen LogP contribution is 2.24. The molecule has 0 bridgehead atoms. The van der Waals surface area contributed by atoms with E-state index in [1.807, 2.05) is 30.0 Å². The summed E-state index contributed by atoms with van der Waals surface area (Å²) >= 11 is 0. The van der Waals surface area contributed by atoms with Crippen LogP contribution in [-0.2, 0) is 0 Å². The van der Waals surface area contributed by atoms with Gasteiger partial charge in [0.05, 0.1) is 0 Å². The van der Waals surface area contributed by atoms with E-state index in [4.69, 9.17) is 0 Å². The van der Waals surface area contributed by atoms with E-state index in [1.54, 1.807) is 12.1 Å². The van der Waals surface area contributed by atoms with Gasteiger partial charge in [-0.05, 0) is 24.3 Å². The maximum absolute atomic E-state index is 11.5. The summed E-state index contributed by atoms with van der Waals surface area (Å²) in [4.78, 5) is 28.4. The van der Waals surface area contributed by atoms with Crippen LogP contribution in [0.1, 0.15) is 11.1 Å². The summed E-state index contributed by atoms with van der Waals surface area (Å²) in [6, 6.07) is 5.11. The number of phenolic OH excluding ortho intramolecular Hbond substituents is 1. The molecule has 0 saturated heterocycles. The van der Waals surface area contributed by atoms with Gasteiger partial charge in [0.25, 0.3) is 5.56 Å². The van der Waals surface area contributed by atoms with Crippen LogP contribution in [0.2, 0.25) is 0 Å². The lowest BCUT2D eigenvalue weighted by molar-refractivity contribution is 0.447. The Kier molecular flexibility index (Phi) is 4.20. The number of hydrogen-bond acceptors (Lipinski definition) is 5. The molecule has 1 heterocycles. The molecule has 7 heteroatoms.